The molecule has 1 aromatic heterocycles. The van der Waals surface area contributed by atoms with Crippen LogP contribution in [-0.4, -0.2) is 36.4 Å². The molecule has 0 fully saturated rings. The number of nitrogens with zero attached hydrogens (tertiary/aromatic N) is 3. The Labute approximate surface area is 131 Å². The summed E-state index contributed by atoms with van der Waals surface area (Å²) in [6, 6.07) is 9.92. The van der Waals surface area contributed by atoms with Crippen LogP contribution in [0.15, 0.2) is 47.7 Å². The summed E-state index contributed by atoms with van der Waals surface area (Å²) in [6.07, 6.45) is 4.75. The third kappa shape index (κ3) is 5.12. The maximum absolute atomic E-state index is 5.22. The second-order valence-electron chi connectivity index (χ2n) is 4.83. The lowest BCUT2D eigenvalue weighted by Gasteiger charge is -2.12. The van der Waals surface area contributed by atoms with Gasteiger partial charge >= 0.3 is 0 Å². The van der Waals surface area contributed by atoms with Gasteiger partial charge in [0, 0.05) is 39.1 Å². The van der Waals surface area contributed by atoms with Crippen LogP contribution in [0.1, 0.15) is 12.0 Å². The van der Waals surface area contributed by atoms with Crippen LogP contribution in [0, 0.1) is 0 Å². The van der Waals surface area contributed by atoms with Crippen LogP contribution < -0.4 is 15.4 Å². The molecule has 0 aliphatic carbocycles. The number of ether oxygens (including phenoxy) is 1. The Morgan fingerprint density at radius 2 is 2.23 bits per heavy atom. The fraction of sp³-hybridized carbons (Fsp3) is 0.375. The molecule has 22 heavy (non-hydrogen) atoms. The predicted octanol–water partition coefficient (Wildman–Crippen LogP) is 1.65. The minimum absolute atomic E-state index is 0.704. The SMILES string of the molecule is CN=C(NCCCn1cccn1)NCc1cccc(OC)c1. The van der Waals surface area contributed by atoms with Crippen LogP contribution in [0.2, 0.25) is 0 Å². The fourth-order valence-corrected chi connectivity index (χ4v) is 2.07. The quantitative estimate of drug-likeness (QED) is 0.464. The molecular weight excluding hydrogens is 278 g/mol. The molecule has 6 nitrogen and oxygen atoms in total. The Hall–Kier alpha value is -2.50. The molecule has 0 unspecified atom stereocenters. The number of nitrogens with one attached hydrogen (secondary N) is 2. The van der Waals surface area contributed by atoms with Crippen molar-refractivity contribution in [3.8, 4) is 5.75 Å². The van der Waals surface area contributed by atoms with E-state index in [0.717, 1.165) is 36.8 Å². The van der Waals surface area contributed by atoms with Gasteiger partial charge in [-0.2, -0.15) is 5.10 Å². The maximum Gasteiger partial charge on any atom is 0.191 e. The van der Waals surface area contributed by atoms with Crippen LogP contribution >= 0.6 is 0 Å². The summed E-state index contributed by atoms with van der Waals surface area (Å²) in [5.41, 5.74) is 1.15. The number of guanidine groups is 1. The Kier molecular flexibility index (Phi) is 6.29. The van der Waals surface area contributed by atoms with E-state index in [1.54, 1.807) is 20.4 Å². The van der Waals surface area contributed by atoms with Crippen LogP contribution in [0.3, 0.4) is 0 Å². The van der Waals surface area contributed by atoms with E-state index in [-0.39, 0.29) is 0 Å². The summed E-state index contributed by atoms with van der Waals surface area (Å²) in [7, 11) is 3.45. The van der Waals surface area contributed by atoms with Gasteiger partial charge in [-0.25, -0.2) is 0 Å². The number of aliphatic imine (C=N–C) groups is 1. The van der Waals surface area contributed by atoms with Crippen LogP contribution in [0.25, 0.3) is 0 Å². The topological polar surface area (TPSA) is 63.5 Å². The number of aryl methyl sites for hydroxylation is 1. The Morgan fingerprint density at radius 1 is 1.32 bits per heavy atom. The van der Waals surface area contributed by atoms with E-state index in [0.29, 0.717) is 6.54 Å². The molecule has 0 aliphatic rings. The summed E-state index contributed by atoms with van der Waals surface area (Å²) in [6.45, 7) is 2.44. The molecule has 6 heteroatoms. The summed E-state index contributed by atoms with van der Waals surface area (Å²) >= 11 is 0. The first kappa shape index (κ1) is 15.9. The zero-order chi connectivity index (χ0) is 15.6. The van der Waals surface area contributed by atoms with Crippen LogP contribution in [0.5, 0.6) is 5.75 Å². The minimum atomic E-state index is 0.704. The number of benzene rings is 1. The number of methoxy groups -OCH3 is 1. The van der Waals surface area contributed by atoms with Crippen molar-refractivity contribution in [1.29, 1.82) is 0 Å². The molecule has 0 bridgehead atoms. The van der Waals surface area contributed by atoms with Crippen molar-refractivity contribution in [3.63, 3.8) is 0 Å². The van der Waals surface area contributed by atoms with Gasteiger partial charge in [0.2, 0.25) is 0 Å². The molecule has 0 saturated carbocycles. The number of aromatic nitrogens is 2. The fourth-order valence-electron chi connectivity index (χ4n) is 2.07. The molecule has 0 amide bonds. The lowest BCUT2D eigenvalue weighted by Crippen LogP contribution is -2.37. The van der Waals surface area contributed by atoms with Crippen molar-refractivity contribution in [2.75, 3.05) is 20.7 Å². The highest BCUT2D eigenvalue weighted by Gasteiger charge is 2.00. The Morgan fingerprint density at radius 3 is 2.95 bits per heavy atom. The summed E-state index contributed by atoms with van der Waals surface area (Å²) < 4.78 is 7.15. The standard InChI is InChI=1S/C16H23N5O/c1-17-16(18-8-4-10-21-11-5-9-20-21)19-13-14-6-3-7-15(12-14)22-2/h3,5-7,9,11-12H,4,8,10,13H2,1-2H3,(H2,17,18,19). The van der Waals surface area contributed by atoms with Gasteiger partial charge in [0.1, 0.15) is 5.75 Å². The molecule has 2 N–H and O–H groups in total. The molecule has 118 valence electrons. The molecule has 2 aromatic rings. The molecule has 2 rings (SSSR count). The average molecular weight is 301 g/mol. The maximum atomic E-state index is 5.22. The Bertz CT molecular complexity index is 580. The highest BCUT2D eigenvalue weighted by Crippen LogP contribution is 2.11. The first-order chi connectivity index (χ1) is 10.8. The minimum Gasteiger partial charge on any atom is -0.497 e. The van der Waals surface area contributed by atoms with Gasteiger partial charge in [-0.3, -0.25) is 9.67 Å². The zero-order valence-corrected chi connectivity index (χ0v) is 13.1. The highest BCUT2D eigenvalue weighted by atomic mass is 16.5. The number of hydrogen-bond donors (Lipinski definition) is 2. The third-order valence-corrected chi connectivity index (χ3v) is 3.23. The van der Waals surface area contributed by atoms with Gasteiger partial charge in [0.05, 0.1) is 7.11 Å². The van der Waals surface area contributed by atoms with Gasteiger partial charge < -0.3 is 15.4 Å². The van der Waals surface area contributed by atoms with Gasteiger partial charge in [-0.15, -0.1) is 0 Å². The smallest absolute Gasteiger partial charge is 0.191 e. The summed E-state index contributed by atoms with van der Waals surface area (Å²) in [5, 5.41) is 10.8. The Balaban J connectivity index is 1.70. The molecule has 0 atom stereocenters. The van der Waals surface area contributed by atoms with Gasteiger partial charge in [0.25, 0.3) is 0 Å². The van der Waals surface area contributed by atoms with E-state index >= 15 is 0 Å². The van der Waals surface area contributed by atoms with Crippen molar-refractivity contribution in [2.45, 2.75) is 19.5 Å². The lowest BCUT2D eigenvalue weighted by atomic mass is 10.2. The van der Waals surface area contributed by atoms with E-state index in [1.807, 2.05) is 35.1 Å². The second-order valence-corrected chi connectivity index (χ2v) is 4.83. The van der Waals surface area contributed by atoms with Gasteiger partial charge in [-0.1, -0.05) is 12.1 Å². The summed E-state index contributed by atoms with van der Waals surface area (Å²) in [5.74, 6) is 1.66. The lowest BCUT2D eigenvalue weighted by molar-refractivity contribution is 0.414. The van der Waals surface area contributed by atoms with E-state index in [4.69, 9.17) is 4.74 Å². The normalized spacial score (nSPS) is 11.3. The zero-order valence-electron chi connectivity index (χ0n) is 13.1. The van der Waals surface area contributed by atoms with Crippen molar-refractivity contribution in [3.05, 3.63) is 48.3 Å². The van der Waals surface area contributed by atoms with E-state index in [2.05, 4.69) is 26.8 Å². The number of rotatable bonds is 7. The number of hydrogen-bond acceptors (Lipinski definition) is 3. The average Bonchev–Trinajstić information content (AvgIpc) is 3.08. The highest BCUT2D eigenvalue weighted by molar-refractivity contribution is 5.79. The first-order valence-corrected chi connectivity index (χ1v) is 7.36. The van der Waals surface area contributed by atoms with Crippen molar-refractivity contribution < 1.29 is 4.74 Å². The van der Waals surface area contributed by atoms with E-state index < -0.39 is 0 Å². The van der Waals surface area contributed by atoms with Crippen molar-refractivity contribution in [1.82, 2.24) is 20.4 Å². The molecule has 0 saturated heterocycles. The third-order valence-electron chi connectivity index (χ3n) is 3.23. The molecule has 1 aromatic carbocycles. The largest absolute Gasteiger partial charge is 0.497 e. The van der Waals surface area contributed by atoms with Crippen LogP contribution in [0.4, 0.5) is 0 Å². The molecule has 0 aliphatic heterocycles. The van der Waals surface area contributed by atoms with Crippen LogP contribution in [-0.2, 0) is 13.1 Å². The molecular formula is C16H23N5O. The monoisotopic (exact) mass is 301 g/mol. The van der Waals surface area contributed by atoms with Crippen molar-refractivity contribution >= 4 is 5.96 Å². The molecule has 0 spiro atoms. The summed E-state index contributed by atoms with van der Waals surface area (Å²) in [4.78, 5) is 4.22. The van der Waals surface area contributed by atoms with E-state index in [9.17, 15) is 0 Å². The molecule has 0 radical (unpaired) electrons. The first-order valence-electron chi connectivity index (χ1n) is 7.36. The second kappa shape index (κ2) is 8.71. The van der Waals surface area contributed by atoms with E-state index in [1.165, 1.54) is 0 Å². The van der Waals surface area contributed by atoms with Crippen molar-refractivity contribution in [2.24, 2.45) is 4.99 Å². The van der Waals surface area contributed by atoms with Gasteiger partial charge in [0.15, 0.2) is 5.96 Å². The predicted molar refractivity (Wildman–Crippen MR) is 88.0 cm³/mol. The van der Waals surface area contributed by atoms with Gasteiger partial charge in [-0.05, 0) is 30.2 Å². The molecule has 1 heterocycles.